The van der Waals surface area contributed by atoms with Crippen molar-refractivity contribution >= 4 is 0 Å². The Kier molecular flexibility index (Phi) is 3.96. The maximum atomic E-state index is 9.30. The van der Waals surface area contributed by atoms with Crippen molar-refractivity contribution in [2.45, 2.75) is 38.1 Å². The van der Waals surface area contributed by atoms with Gasteiger partial charge in [0.15, 0.2) is 0 Å². The molecule has 0 saturated heterocycles. The molecular formula is C12H20N2O2. The highest BCUT2D eigenvalue weighted by Crippen LogP contribution is 2.27. The van der Waals surface area contributed by atoms with Crippen LogP contribution in [0.5, 0.6) is 0 Å². The number of hydrogen-bond acceptors (Lipinski definition) is 3. The van der Waals surface area contributed by atoms with E-state index in [1.54, 1.807) is 7.11 Å². The van der Waals surface area contributed by atoms with Crippen LogP contribution in [0.25, 0.3) is 0 Å². The Morgan fingerprint density at radius 3 is 3.25 bits per heavy atom. The van der Waals surface area contributed by atoms with E-state index in [4.69, 9.17) is 4.74 Å². The molecule has 1 aromatic heterocycles. The number of imidazole rings is 1. The number of methoxy groups -OCH3 is 1. The van der Waals surface area contributed by atoms with E-state index in [1.807, 2.05) is 6.20 Å². The van der Waals surface area contributed by atoms with Gasteiger partial charge in [0, 0.05) is 44.5 Å². The molecule has 2 rings (SSSR count). The minimum atomic E-state index is 0.239. The Morgan fingerprint density at radius 1 is 1.62 bits per heavy atom. The Labute approximate surface area is 96.3 Å². The fourth-order valence-electron chi connectivity index (χ4n) is 2.42. The van der Waals surface area contributed by atoms with Gasteiger partial charge in [-0.25, -0.2) is 4.98 Å². The van der Waals surface area contributed by atoms with Crippen molar-refractivity contribution in [3.8, 4) is 0 Å². The second-order valence-corrected chi connectivity index (χ2v) is 4.37. The van der Waals surface area contributed by atoms with E-state index < -0.39 is 0 Å². The zero-order valence-electron chi connectivity index (χ0n) is 9.85. The lowest BCUT2D eigenvalue weighted by Crippen LogP contribution is -2.19. The van der Waals surface area contributed by atoms with Crippen molar-refractivity contribution in [1.29, 1.82) is 0 Å². The van der Waals surface area contributed by atoms with Gasteiger partial charge in [0.05, 0.1) is 6.61 Å². The number of aliphatic hydroxyl groups is 1. The van der Waals surface area contributed by atoms with Crippen LogP contribution < -0.4 is 0 Å². The Bertz CT molecular complexity index is 336. The van der Waals surface area contributed by atoms with Crippen LogP contribution in [0, 0.1) is 0 Å². The topological polar surface area (TPSA) is 47.3 Å². The molecule has 4 nitrogen and oxygen atoms in total. The van der Waals surface area contributed by atoms with E-state index in [-0.39, 0.29) is 12.5 Å². The zero-order valence-corrected chi connectivity index (χ0v) is 9.85. The fraction of sp³-hybridized carbons (Fsp3) is 0.750. The fourth-order valence-corrected chi connectivity index (χ4v) is 2.42. The predicted molar refractivity (Wildman–Crippen MR) is 61.5 cm³/mol. The van der Waals surface area contributed by atoms with Gasteiger partial charge in [-0.2, -0.15) is 0 Å². The molecule has 0 aliphatic carbocycles. The molecule has 1 N–H and O–H groups in total. The van der Waals surface area contributed by atoms with Crippen molar-refractivity contribution in [3.63, 3.8) is 0 Å². The number of nitrogens with zero attached hydrogens (tertiary/aromatic N) is 2. The first-order valence-electron chi connectivity index (χ1n) is 6.01. The van der Waals surface area contributed by atoms with E-state index in [1.165, 1.54) is 5.69 Å². The molecule has 1 unspecified atom stereocenters. The molecule has 2 heterocycles. The maximum absolute atomic E-state index is 9.30. The summed E-state index contributed by atoms with van der Waals surface area (Å²) < 4.78 is 7.33. The van der Waals surface area contributed by atoms with Gasteiger partial charge in [-0.1, -0.05) is 0 Å². The maximum Gasteiger partial charge on any atom is 0.108 e. The number of hydrogen-bond donors (Lipinski definition) is 1. The summed E-state index contributed by atoms with van der Waals surface area (Å²) in [5.74, 6) is 1.43. The van der Waals surface area contributed by atoms with Crippen LogP contribution >= 0.6 is 0 Å². The Morgan fingerprint density at radius 2 is 2.50 bits per heavy atom. The number of aromatic nitrogens is 2. The van der Waals surface area contributed by atoms with E-state index >= 15 is 0 Å². The minimum absolute atomic E-state index is 0.239. The van der Waals surface area contributed by atoms with E-state index in [9.17, 15) is 5.11 Å². The summed E-state index contributed by atoms with van der Waals surface area (Å²) in [7, 11) is 1.73. The van der Waals surface area contributed by atoms with Crippen LogP contribution in [0.2, 0.25) is 0 Å². The third kappa shape index (κ3) is 2.28. The second-order valence-electron chi connectivity index (χ2n) is 4.37. The average Bonchev–Trinajstić information content (AvgIpc) is 2.73. The van der Waals surface area contributed by atoms with Crippen molar-refractivity contribution in [3.05, 3.63) is 17.7 Å². The first-order valence-corrected chi connectivity index (χ1v) is 6.01. The summed E-state index contributed by atoms with van der Waals surface area (Å²) >= 11 is 0. The SMILES string of the molecule is COCCCc1ncc2n1CCCC2CO. The largest absolute Gasteiger partial charge is 0.396 e. The van der Waals surface area contributed by atoms with Crippen molar-refractivity contribution in [2.75, 3.05) is 20.3 Å². The van der Waals surface area contributed by atoms with Crippen molar-refractivity contribution < 1.29 is 9.84 Å². The molecule has 90 valence electrons. The monoisotopic (exact) mass is 224 g/mol. The number of rotatable bonds is 5. The molecule has 0 spiro atoms. The van der Waals surface area contributed by atoms with Gasteiger partial charge in [0.1, 0.15) is 5.82 Å². The highest BCUT2D eigenvalue weighted by atomic mass is 16.5. The van der Waals surface area contributed by atoms with Crippen LogP contribution in [0.4, 0.5) is 0 Å². The number of aliphatic hydroxyl groups excluding tert-OH is 1. The average molecular weight is 224 g/mol. The number of ether oxygens (including phenoxy) is 1. The molecule has 0 bridgehead atoms. The third-order valence-corrected chi connectivity index (χ3v) is 3.29. The smallest absolute Gasteiger partial charge is 0.108 e. The summed E-state index contributed by atoms with van der Waals surface area (Å²) in [4.78, 5) is 4.46. The summed E-state index contributed by atoms with van der Waals surface area (Å²) in [6.45, 7) is 2.07. The summed E-state index contributed by atoms with van der Waals surface area (Å²) in [6.07, 6.45) is 6.14. The molecule has 1 aliphatic heterocycles. The van der Waals surface area contributed by atoms with Gasteiger partial charge in [-0.05, 0) is 19.3 Å². The van der Waals surface area contributed by atoms with E-state index in [2.05, 4.69) is 9.55 Å². The molecular weight excluding hydrogens is 204 g/mol. The summed E-state index contributed by atoms with van der Waals surface area (Å²) in [5.41, 5.74) is 1.21. The normalized spacial score (nSPS) is 19.8. The highest BCUT2D eigenvalue weighted by Gasteiger charge is 2.22. The lowest BCUT2D eigenvalue weighted by molar-refractivity contribution is 0.194. The standard InChI is InChI=1S/C12H20N2O2/c1-16-7-3-5-12-13-8-11-10(9-15)4-2-6-14(11)12/h8,10,15H,2-7,9H2,1H3. The molecule has 16 heavy (non-hydrogen) atoms. The molecule has 0 saturated carbocycles. The molecule has 1 aliphatic rings. The van der Waals surface area contributed by atoms with E-state index in [0.717, 1.165) is 44.7 Å². The predicted octanol–water partition coefficient (Wildman–Crippen LogP) is 1.33. The zero-order chi connectivity index (χ0) is 11.4. The quantitative estimate of drug-likeness (QED) is 0.768. The van der Waals surface area contributed by atoms with Crippen LogP contribution in [-0.2, 0) is 17.7 Å². The molecule has 0 aromatic carbocycles. The Hall–Kier alpha value is -0.870. The molecule has 1 aromatic rings. The van der Waals surface area contributed by atoms with Crippen molar-refractivity contribution in [2.24, 2.45) is 0 Å². The van der Waals surface area contributed by atoms with Gasteiger partial charge >= 0.3 is 0 Å². The first-order chi connectivity index (χ1) is 7.86. The van der Waals surface area contributed by atoms with Crippen LogP contribution in [0.3, 0.4) is 0 Å². The lowest BCUT2D eigenvalue weighted by atomic mass is 9.97. The first kappa shape index (κ1) is 11.6. The highest BCUT2D eigenvalue weighted by molar-refractivity contribution is 5.13. The lowest BCUT2D eigenvalue weighted by Gasteiger charge is -2.23. The van der Waals surface area contributed by atoms with E-state index in [0.29, 0.717) is 0 Å². The molecule has 1 atom stereocenters. The molecule has 0 fully saturated rings. The molecule has 0 radical (unpaired) electrons. The van der Waals surface area contributed by atoms with Crippen LogP contribution in [0.15, 0.2) is 6.20 Å². The van der Waals surface area contributed by atoms with Crippen LogP contribution in [0.1, 0.15) is 36.7 Å². The van der Waals surface area contributed by atoms with Gasteiger partial charge in [-0.3, -0.25) is 0 Å². The minimum Gasteiger partial charge on any atom is -0.396 e. The van der Waals surface area contributed by atoms with Gasteiger partial charge in [0.25, 0.3) is 0 Å². The van der Waals surface area contributed by atoms with Gasteiger partial charge in [0.2, 0.25) is 0 Å². The second kappa shape index (κ2) is 5.46. The van der Waals surface area contributed by atoms with Crippen LogP contribution in [-0.4, -0.2) is 35.0 Å². The number of fused-ring (bicyclic) bond motifs is 1. The Balaban J connectivity index is 2.07. The summed E-state index contributed by atoms with van der Waals surface area (Å²) in [5, 5.41) is 9.30. The van der Waals surface area contributed by atoms with Crippen molar-refractivity contribution in [1.82, 2.24) is 9.55 Å². The van der Waals surface area contributed by atoms with Gasteiger partial charge in [-0.15, -0.1) is 0 Å². The van der Waals surface area contributed by atoms with Gasteiger partial charge < -0.3 is 14.4 Å². The molecule has 0 amide bonds. The summed E-state index contributed by atoms with van der Waals surface area (Å²) in [6, 6.07) is 0. The number of aryl methyl sites for hydroxylation is 1. The third-order valence-electron chi connectivity index (χ3n) is 3.29. The molecule has 4 heteroatoms.